The van der Waals surface area contributed by atoms with Crippen molar-refractivity contribution in [2.24, 2.45) is 0 Å². The smallest absolute Gasteiger partial charge is 0.137 e. The van der Waals surface area contributed by atoms with E-state index in [9.17, 15) is 0 Å². The molecule has 0 spiro atoms. The number of para-hydroxylation sites is 1. The Bertz CT molecular complexity index is 2980. The summed E-state index contributed by atoms with van der Waals surface area (Å²) in [7, 11) is 0. The number of nitrogens with zero attached hydrogens (tertiary/aromatic N) is 4. The maximum absolute atomic E-state index is 7.35. The van der Waals surface area contributed by atoms with Crippen LogP contribution in [-0.4, -0.2) is 16.2 Å². The third-order valence-corrected chi connectivity index (χ3v) is 13.2. The Kier molecular flexibility index (Phi) is 10.4. The zero-order valence-electron chi connectivity index (χ0n) is 38.6. The van der Waals surface area contributed by atoms with Crippen molar-refractivity contribution in [3.05, 3.63) is 204 Å². The van der Waals surface area contributed by atoms with Crippen molar-refractivity contribution in [1.29, 1.82) is 0 Å². The summed E-state index contributed by atoms with van der Waals surface area (Å²) in [6, 6.07) is 54.8. The van der Waals surface area contributed by atoms with E-state index in [1.807, 2.05) is 6.20 Å². The number of anilines is 2. The molecule has 0 saturated carbocycles. The quantitative estimate of drug-likeness (QED) is 0.145. The van der Waals surface area contributed by atoms with Crippen LogP contribution in [0.5, 0.6) is 11.5 Å². The fourth-order valence-electron chi connectivity index (χ4n) is 9.25. The number of benzene rings is 6. The van der Waals surface area contributed by atoms with Gasteiger partial charge in [-0.05, 0) is 81.1 Å². The van der Waals surface area contributed by atoms with Crippen molar-refractivity contribution < 1.29 is 4.74 Å². The van der Waals surface area contributed by atoms with Crippen LogP contribution in [0.25, 0.3) is 27.6 Å². The van der Waals surface area contributed by atoms with E-state index in [2.05, 4.69) is 248 Å². The predicted octanol–water partition coefficient (Wildman–Crippen LogP) is 15.0. The molecule has 1 aliphatic rings. The summed E-state index contributed by atoms with van der Waals surface area (Å²) in [5.74, 6) is 2.50. The molecule has 3 heterocycles. The molecule has 0 aliphatic carbocycles. The summed E-state index contributed by atoms with van der Waals surface area (Å²) in [6.07, 6.45) is 6.31. The number of hydrogen-bond donors (Lipinski definition) is 0. The maximum atomic E-state index is 7.35. The van der Waals surface area contributed by atoms with Gasteiger partial charge in [0, 0.05) is 69.3 Å². The number of ether oxygens (including phenoxy) is 1. The normalized spacial score (nSPS) is 13.7. The number of rotatable bonds is 9. The van der Waals surface area contributed by atoms with Gasteiger partial charge < -0.3 is 14.5 Å². The number of hydrogen-bond acceptors (Lipinski definition) is 4. The molecule has 0 N–H and O–H groups in total. The third kappa shape index (κ3) is 7.79. The number of fused-ring (bicyclic) bond motifs is 3. The Morgan fingerprint density at radius 3 is 1.76 bits per heavy atom. The highest BCUT2D eigenvalue weighted by Gasteiger charge is 2.31. The monoisotopic (exact) mass is 828 g/mol. The Morgan fingerprint density at radius 2 is 1.10 bits per heavy atom. The van der Waals surface area contributed by atoms with Gasteiger partial charge in [0.2, 0.25) is 0 Å². The van der Waals surface area contributed by atoms with Crippen LogP contribution in [0, 0.1) is 0 Å². The second kappa shape index (κ2) is 15.6. The molecule has 2 aromatic heterocycles. The summed E-state index contributed by atoms with van der Waals surface area (Å²) < 4.78 is 9.68. The molecular weight excluding hydrogens is 769 g/mol. The van der Waals surface area contributed by atoms with E-state index >= 15 is 0 Å². The Balaban J connectivity index is 1.19. The second-order valence-corrected chi connectivity index (χ2v) is 20.3. The van der Waals surface area contributed by atoms with Gasteiger partial charge in [-0.3, -0.25) is 4.57 Å². The van der Waals surface area contributed by atoms with Crippen molar-refractivity contribution in [2.75, 3.05) is 16.5 Å². The topological polar surface area (TPSA) is 33.5 Å². The van der Waals surface area contributed by atoms with Crippen molar-refractivity contribution >= 4 is 33.2 Å². The van der Waals surface area contributed by atoms with E-state index in [1.165, 1.54) is 44.3 Å². The first-order valence-corrected chi connectivity index (χ1v) is 22.3. The molecule has 0 amide bonds. The highest BCUT2D eigenvalue weighted by atomic mass is 16.5. The van der Waals surface area contributed by atoms with Crippen LogP contribution in [-0.2, 0) is 21.7 Å². The molecule has 0 unspecified atom stereocenters. The van der Waals surface area contributed by atoms with Crippen molar-refractivity contribution in [1.82, 2.24) is 9.55 Å². The number of aromatic nitrogens is 2. The SMILES string of the molecule is CC(C)(C)c1cccc(N2C=CN(c3ccc(C(C)(C)c4ccccc4)c(Oc4cc(C(C)(C)C)c5c6ccccc6n(-c6cc(C(C)(C)c7ccccc7)ccn6)c5c4)c3)C2)c1. The summed E-state index contributed by atoms with van der Waals surface area (Å²) in [5.41, 5.74) is 11.1. The number of pyridine rings is 1. The van der Waals surface area contributed by atoms with Gasteiger partial charge in [-0.1, -0.05) is 166 Å². The van der Waals surface area contributed by atoms with Gasteiger partial charge >= 0.3 is 0 Å². The minimum Gasteiger partial charge on any atom is -0.457 e. The maximum Gasteiger partial charge on any atom is 0.137 e. The highest BCUT2D eigenvalue weighted by molar-refractivity contribution is 6.11. The van der Waals surface area contributed by atoms with Crippen LogP contribution in [0.1, 0.15) is 103 Å². The summed E-state index contributed by atoms with van der Waals surface area (Å²) in [4.78, 5) is 9.69. The molecule has 0 atom stereocenters. The van der Waals surface area contributed by atoms with E-state index in [1.54, 1.807) is 0 Å². The van der Waals surface area contributed by atoms with E-state index < -0.39 is 0 Å². The van der Waals surface area contributed by atoms with Crippen LogP contribution >= 0.6 is 0 Å². The molecule has 1 aliphatic heterocycles. The minimum atomic E-state index is -0.350. The summed E-state index contributed by atoms with van der Waals surface area (Å²) >= 11 is 0. The highest BCUT2D eigenvalue weighted by Crippen LogP contribution is 2.46. The van der Waals surface area contributed by atoms with Gasteiger partial charge in [0.05, 0.1) is 17.7 Å². The molecule has 0 bridgehead atoms. The molecule has 6 aromatic carbocycles. The van der Waals surface area contributed by atoms with Crippen LogP contribution in [0.4, 0.5) is 11.4 Å². The van der Waals surface area contributed by atoms with E-state index in [-0.39, 0.29) is 21.7 Å². The lowest BCUT2D eigenvalue weighted by molar-refractivity contribution is 0.460. The zero-order chi connectivity index (χ0) is 44.3. The van der Waals surface area contributed by atoms with Gasteiger partial charge in [0.1, 0.15) is 17.3 Å². The Morgan fingerprint density at radius 1 is 0.476 bits per heavy atom. The molecule has 8 aromatic rings. The second-order valence-electron chi connectivity index (χ2n) is 20.3. The Labute approximate surface area is 374 Å². The molecule has 0 fully saturated rings. The van der Waals surface area contributed by atoms with Gasteiger partial charge in [-0.25, -0.2) is 4.98 Å². The average Bonchev–Trinajstić information content (AvgIpc) is 3.90. The first kappa shape index (κ1) is 41.7. The van der Waals surface area contributed by atoms with Crippen LogP contribution in [0.3, 0.4) is 0 Å². The van der Waals surface area contributed by atoms with E-state index in [0.29, 0.717) is 6.67 Å². The summed E-state index contributed by atoms with van der Waals surface area (Å²) in [6.45, 7) is 23.6. The predicted molar refractivity (Wildman–Crippen MR) is 265 cm³/mol. The Hall–Kier alpha value is -6.59. The molecule has 9 rings (SSSR count). The van der Waals surface area contributed by atoms with Crippen LogP contribution in [0.2, 0.25) is 0 Å². The van der Waals surface area contributed by atoms with E-state index in [4.69, 9.17) is 9.72 Å². The zero-order valence-corrected chi connectivity index (χ0v) is 38.6. The molecule has 63 heavy (non-hydrogen) atoms. The van der Waals surface area contributed by atoms with Crippen LogP contribution in [0.15, 0.2) is 170 Å². The average molecular weight is 829 g/mol. The fourth-order valence-corrected chi connectivity index (χ4v) is 9.25. The standard InChI is InChI=1S/C58H60N4O/c1-55(2,3)42-24-19-25-44(34-42)60-32-33-61(39-60)45-28-29-48(58(9,10)41-22-15-12-16-23-41)52(36-45)63-46-37-49(56(4,5)6)54-47-26-17-18-27-50(47)62(51(54)38-46)53-35-43(30-31-59-53)57(7,8)40-20-13-11-14-21-40/h11-38H,39H2,1-10H3. The molecule has 0 radical (unpaired) electrons. The molecule has 0 saturated heterocycles. The minimum absolute atomic E-state index is 0.0663. The van der Waals surface area contributed by atoms with Gasteiger partial charge in [0.25, 0.3) is 0 Å². The van der Waals surface area contributed by atoms with Gasteiger partial charge in [-0.15, -0.1) is 0 Å². The van der Waals surface area contributed by atoms with Gasteiger partial charge in [0.15, 0.2) is 0 Å². The lowest BCUT2D eigenvalue weighted by Crippen LogP contribution is -2.25. The molecular formula is C58H60N4O. The van der Waals surface area contributed by atoms with Crippen molar-refractivity contribution in [3.63, 3.8) is 0 Å². The van der Waals surface area contributed by atoms with Gasteiger partial charge in [-0.2, -0.15) is 0 Å². The first-order valence-electron chi connectivity index (χ1n) is 22.3. The largest absolute Gasteiger partial charge is 0.457 e. The fraction of sp³-hybridized carbons (Fsp3) is 0.259. The lowest BCUT2D eigenvalue weighted by atomic mass is 9.77. The molecule has 5 nitrogen and oxygen atoms in total. The molecule has 5 heteroatoms. The van der Waals surface area contributed by atoms with Crippen LogP contribution < -0.4 is 14.5 Å². The van der Waals surface area contributed by atoms with Crippen molar-refractivity contribution in [3.8, 4) is 17.3 Å². The molecule has 318 valence electrons. The van der Waals surface area contributed by atoms with E-state index in [0.717, 1.165) is 39.6 Å². The third-order valence-electron chi connectivity index (χ3n) is 13.2. The summed E-state index contributed by atoms with van der Waals surface area (Å²) in [5, 5.41) is 2.42. The van der Waals surface area contributed by atoms with Crippen molar-refractivity contribution in [2.45, 2.75) is 90.9 Å². The first-order chi connectivity index (χ1) is 30.0. The lowest BCUT2D eigenvalue weighted by Gasteiger charge is -2.30.